The molecule has 4 nitrogen and oxygen atoms in total. The van der Waals surface area contributed by atoms with Crippen LogP contribution >= 0.6 is 0 Å². The molecule has 0 atom stereocenters. The first-order valence-corrected chi connectivity index (χ1v) is 8.22. The summed E-state index contributed by atoms with van der Waals surface area (Å²) < 4.78 is 0. The Hall–Kier alpha value is -1.84. The van der Waals surface area contributed by atoms with Gasteiger partial charge in [0.15, 0.2) is 0 Å². The summed E-state index contributed by atoms with van der Waals surface area (Å²) in [6.45, 7) is 4.31. The quantitative estimate of drug-likeness (QED) is 0.839. The van der Waals surface area contributed by atoms with Gasteiger partial charge in [-0.05, 0) is 31.4 Å². The molecular weight excluding hydrogens is 276 g/mol. The molecule has 4 heteroatoms. The SMILES string of the molecule is CCCCN(C)C(=O)C1CCN(C(=O)c2ccccc2)CC1. The largest absolute Gasteiger partial charge is 0.346 e. The Labute approximate surface area is 133 Å². The summed E-state index contributed by atoms with van der Waals surface area (Å²) in [5.41, 5.74) is 0.729. The molecule has 1 aliphatic heterocycles. The fourth-order valence-electron chi connectivity index (χ4n) is 2.91. The van der Waals surface area contributed by atoms with Gasteiger partial charge in [-0.15, -0.1) is 0 Å². The monoisotopic (exact) mass is 302 g/mol. The molecule has 1 aromatic rings. The third-order valence-electron chi connectivity index (χ3n) is 4.38. The van der Waals surface area contributed by atoms with Crippen LogP contribution in [0.4, 0.5) is 0 Å². The Balaban J connectivity index is 1.85. The van der Waals surface area contributed by atoms with Gasteiger partial charge in [0, 0.05) is 38.2 Å². The van der Waals surface area contributed by atoms with Crippen molar-refractivity contribution in [3.63, 3.8) is 0 Å². The summed E-state index contributed by atoms with van der Waals surface area (Å²) in [6.07, 6.45) is 3.69. The Morgan fingerprint density at radius 1 is 1.18 bits per heavy atom. The number of benzene rings is 1. The number of rotatable bonds is 5. The predicted molar refractivity (Wildman–Crippen MR) is 87.6 cm³/mol. The van der Waals surface area contributed by atoms with Crippen LogP contribution < -0.4 is 0 Å². The van der Waals surface area contributed by atoms with Crippen molar-refractivity contribution in [2.75, 3.05) is 26.7 Å². The molecule has 0 aliphatic carbocycles. The minimum absolute atomic E-state index is 0.0710. The van der Waals surface area contributed by atoms with Crippen LogP contribution in [0.2, 0.25) is 0 Å². The van der Waals surface area contributed by atoms with Gasteiger partial charge in [0.2, 0.25) is 5.91 Å². The van der Waals surface area contributed by atoms with E-state index in [9.17, 15) is 9.59 Å². The lowest BCUT2D eigenvalue weighted by molar-refractivity contribution is -0.135. The Morgan fingerprint density at radius 3 is 2.41 bits per heavy atom. The highest BCUT2D eigenvalue weighted by atomic mass is 16.2. The molecule has 0 saturated carbocycles. The lowest BCUT2D eigenvalue weighted by Gasteiger charge is -2.33. The maximum atomic E-state index is 12.4. The van der Waals surface area contributed by atoms with Crippen LogP contribution in [0, 0.1) is 5.92 Å². The molecule has 120 valence electrons. The van der Waals surface area contributed by atoms with E-state index in [2.05, 4.69) is 6.92 Å². The normalized spacial score (nSPS) is 15.6. The van der Waals surface area contributed by atoms with Crippen molar-refractivity contribution < 1.29 is 9.59 Å². The van der Waals surface area contributed by atoms with Crippen molar-refractivity contribution in [1.82, 2.24) is 9.80 Å². The lowest BCUT2D eigenvalue weighted by Crippen LogP contribution is -2.43. The molecule has 0 N–H and O–H groups in total. The van der Waals surface area contributed by atoms with Gasteiger partial charge in [-0.25, -0.2) is 0 Å². The maximum absolute atomic E-state index is 12.4. The molecule has 0 aromatic heterocycles. The highest BCUT2D eigenvalue weighted by Crippen LogP contribution is 2.21. The standard InChI is InChI=1S/C18H26N2O2/c1-3-4-12-19(2)17(21)16-10-13-20(14-11-16)18(22)15-8-6-5-7-9-15/h5-9,16H,3-4,10-14H2,1-2H3. The number of hydrogen-bond acceptors (Lipinski definition) is 2. The highest BCUT2D eigenvalue weighted by Gasteiger charge is 2.29. The summed E-state index contributed by atoms with van der Waals surface area (Å²) >= 11 is 0. The number of carbonyl (C=O) groups is 2. The van der Waals surface area contributed by atoms with Crippen molar-refractivity contribution in [3.8, 4) is 0 Å². The van der Waals surface area contributed by atoms with Gasteiger partial charge >= 0.3 is 0 Å². The van der Waals surface area contributed by atoms with Gasteiger partial charge in [-0.1, -0.05) is 31.5 Å². The number of likely N-dealkylation sites (tertiary alicyclic amines) is 1. The zero-order valence-electron chi connectivity index (χ0n) is 13.6. The molecule has 2 amide bonds. The maximum Gasteiger partial charge on any atom is 0.253 e. The molecule has 0 radical (unpaired) electrons. The van der Waals surface area contributed by atoms with Crippen LogP contribution in [-0.2, 0) is 4.79 Å². The van der Waals surface area contributed by atoms with Crippen LogP contribution in [0.15, 0.2) is 30.3 Å². The van der Waals surface area contributed by atoms with E-state index in [0.29, 0.717) is 13.1 Å². The predicted octanol–water partition coefficient (Wildman–Crippen LogP) is 2.80. The second kappa shape index (κ2) is 7.97. The second-order valence-corrected chi connectivity index (χ2v) is 6.05. The zero-order chi connectivity index (χ0) is 15.9. The van der Waals surface area contributed by atoms with Crippen molar-refractivity contribution in [3.05, 3.63) is 35.9 Å². The molecular formula is C18H26N2O2. The van der Waals surface area contributed by atoms with Gasteiger partial charge < -0.3 is 9.80 Å². The van der Waals surface area contributed by atoms with E-state index < -0.39 is 0 Å². The fraction of sp³-hybridized carbons (Fsp3) is 0.556. The molecule has 22 heavy (non-hydrogen) atoms. The molecule has 0 unspecified atom stereocenters. The van der Waals surface area contributed by atoms with E-state index >= 15 is 0 Å². The minimum Gasteiger partial charge on any atom is -0.346 e. The van der Waals surface area contributed by atoms with Crippen molar-refractivity contribution in [2.45, 2.75) is 32.6 Å². The summed E-state index contributed by atoms with van der Waals surface area (Å²) in [7, 11) is 1.89. The smallest absolute Gasteiger partial charge is 0.253 e. The van der Waals surface area contributed by atoms with Gasteiger partial charge in [0.25, 0.3) is 5.91 Å². The first-order chi connectivity index (χ1) is 10.6. The lowest BCUT2D eigenvalue weighted by atomic mass is 9.95. The van der Waals surface area contributed by atoms with E-state index in [0.717, 1.165) is 37.8 Å². The average Bonchev–Trinajstić information content (AvgIpc) is 2.59. The molecule has 1 saturated heterocycles. The number of piperidine rings is 1. The van der Waals surface area contributed by atoms with Crippen molar-refractivity contribution >= 4 is 11.8 Å². The molecule has 1 aliphatic rings. The highest BCUT2D eigenvalue weighted by molar-refractivity contribution is 5.94. The van der Waals surface area contributed by atoms with Gasteiger partial charge in [0.05, 0.1) is 0 Å². The molecule has 1 aromatic carbocycles. The summed E-state index contributed by atoms with van der Waals surface area (Å²) in [5.74, 6) is 0.382. The number of nitrogens with zero attached hydrogens (tertiary/aromatic N) is 2. The van der Waals surface area contributed by atoms with Crippen molar-refractivity contribution in [2.24, 2.45) is 5.92 Å². The van der Waals surface area contributed by atoms with Crippen LogP contribution in [-0.4, -0.2) is 48.3 Å². The molecule has 2 rings (SSSR count). The Bertz CT molecular complexity index is 493. The number of hydrogen-bond donors (Lipinski definition) is 0. The van der Waals surface area contributed by atoms with E-state index in [1.54, 1.807) is 0 Å². The van der Waals surface area contributed by atoms with Crippen molar-refractivity contribution in [1.29, 1.82) is 0 Å². The summed E-state index contributed by atoms with van der Waals surface area (Å²) in [6, 6.07) is 9.36. The molecule has 0 spiro atoms. The third kappa shape index (κ3) is 4.09. The summed E-state index contributed by atoms with van der Waals surface area (Å²) in [5, 5.41) is 0. The van der Waals surface area contributed by atoms with Crippen LogP contribution in [0.1, 0.15) is 43.0 Å². The van der Waals surface area contributed by atoms with E-state index in [4.69, 9.17) is 0 Å². The zero-order valence-corrected chi connectivity index (χ0v) is 13.6. The Kier molecular flexibility index (Phi) is 5.99. The van der Waals surface area contributed by atoms with Gasteiger partial charge in [-0.3, -0.25) is 9.59 Å². The first-order valence-electron chi connectivity index (χ1n) is 8.22. The first kappa shape index (κ1) is 16.5. The van der Waals surface area contributed by atoms with Gasteiger partial charge in [-0.2, -0.15) is 0 Å². The third-order valence-corrected chi connectivity index (χ3v) is 4.38. The van der Waals surface area contributed by atoms with E-state index in [1.807, 2.05) is 47.2 Å². The fourth-order valence-corrected chi connectivity index (χ4v) is 2.91. The average molecular weight is 302 g/mol. The number of carbonyl (C=O) groups excluding carboxylic acids is 2. The number of amides is 2. The minimum atomic E-state index is 0.0710. The van der Waals surface area contributed by atoms with E-state index in [1.165, 1.54) is 0 Å². The van der Waals surface area contributed by atoms with Crippen LogP contribution in [0.5, 0.6) is 0 Å². The second-order valence-electron chi connectivity index (χ2n) is 6.05. The van der Waals surface area contributed by atoms with Gasteiger partial charge in [0.1, 0.15) is 0 Å². The summed E-state index contributed by atoms with van der Waals surface area (Å²) in [4.78, 5) is 28.5. The molecule has 1 fully saturated rings. The van der Waals surface area contributed by atoms with E-state index in [-0.39, 0.29) is 17.7 Å². The number of unbranched alkanes of at least 4 members (excludes halogenated alkanes) is 1. The molecule has 0 bridgehead atoms. The van der Waals surface area contributed by atoms with Crippen LogP contribution in [0.25, 0.3) is 0 Å². The van der Waals surface area contributed by atoms with Crippen LogP contribution in [0.3, 0.4) is 0 Å². The topological polar surface area (TPSA) is 40.6 Å². The molecule has 1 heterocycles. The Morgan fingerprint density at radius 2 is 1.82 bits per heavy atom.